The molecule has 8 nitrogen and oxygen atoms in total. The number of carbonyl (C=O) groups excluding carboxylic acids is 3. The Hall–Kier alpha value is -3.00. The van der Waals surface area contributed by atoms with Crippen LogP contribution in [0.4, 0.5) is 0 Å². The SMILES string of the molecule is COC(=O)[C@]1(C)N[C@H](c2cc3ccccc3n(C)c2=O)[C@@H]2C(=O)N(C)C(=O)[C@@H]21. The number of methoxy groups -OCH3 is 1. The van der Waals surface area contributed by atoms with Crippen molar-refractivity contribution < 1.29 is 19.1 Å². The van der Waals surface area contributed by atoms with E-state index in [9.17, 15) is 19.2 Å². The van der Waals surface area contributed by atoms with Crippen LogP contribution in [0.5, 0.6) is 0 Å². The Kier molecular flexibility index (Phi) is 3.94. The molecule has 2 saturated heterocycles. The van der Waals surface area contributed by atoms with Gasteiger partial charge >= 0.3 is 5.97 Å². The van der Waals surface area contributed by atoms with E-state index < -0.39 is 41.2 Å². The number of para-hydroxylation sites is 1. The molecular weight excluding hydrogens is 362 g/mol. The van der Waals surface area contributed by atoms with Gasteiger partial charge in [0, 0.05) is 19.7 Å². The van der Waals surface area contributed by atoms with Gasteiger partial charge in [0.05, 0.1) is 30.5 Å². The van der Waals surface area contributed by atoms with Gasteiger partial charge in [0.2, 0.25) is 11.8 Å². The van der Waals surface area contributed by atoms with E-state index in [1.807, 2.05) is 24.3 Å². The number of aryl methyl sites for hydroxylation is 1. The number of amides is 2. The van der Waals surface area contributed by atoms with Crippen molar-refractivity contribution >= 4 is 28.7 Å². The summed E-state index contributed by atoms with van der Waals surface area (Å²) in [5.41, 5.74) is -0.579. The second kappa shape index (κ2) is 6.00. The fourth-order valence-corrected chi connectivity index (χ4v) is 4.62. The lowest BCUT2D eigenvalue weighted by molar-refractivity contribution is -0.152. The van der Waals surface area contributed by atoms with Crippen molar-refractivity contribution in [2.75, 3.05) is 14.2 Å². The second-order valence-electron chi connectivity index (χ2n) is 7.58. The predicted octanol–water partition coefficient (Wildman–Crippen LogP) is 0.345. The van der Waals surface area contributed by atoms with Gasteiger partial charge in [-0.3, -0.25) is 29.4 Å². The van der Waals surface area contributed by atoms with Gasteiger partial charge in [-0.25, -0.2) is 0 Å². The molecule has 0 aliphatic carbocycles. The highest BCUT2D eigenvalue weighted by atomic mass is 16.5. The number of benzene rings is 1. The van der Waals surface area contributed by atoms with Crippen molar-refractivity contribution in [3.8, 4) is 0 Å². The van der Waals surface area contributed by atoms with E-state index in [1.54, 1.807) is 20.0 Å². The Bertz CT molecular complexity index is 1090. The van der Waals surface area contributed by atoms with Crippen LogP contribution in [-0.4, -0.2) is 46.9 Å². The molecule has 2 aliphatic heterocycles. The average molecular weight is 383 g/mol. The number of nitrogens with one attached hydrogen (secondary N) is 1. The van der Waals surface area contributed by atoms with E-state index in [0.29, 0.717) is 5.56 Å². The van der Waals surface area contributed by atoms with E-state index in [2.05, 4.69) is 5.32 Å². The number of pyridine rings is 1. The summed E-state index contributed by atoms with van der Waals surface area (Å²) >= 11 is 0. The van der Waals surface area contributed by atoms with Crippen molar-refractivity contribution in [1.29, 1.82) is 0 Å². The number of nitrogens with zero attached hydrogens (tertiary/aromatic N) is 2. The number of likely N-dealkylation sites (tertiary alicyclic amines) is 1. The fraction of sp³-hybridized carbons (Fsp3) is 0.400. The molecule has 28 heavy (non-hydrogen) atoms. The number of imide groups is 1. The van der Waals surface area contributed by atoms with Crippen LogP contribution in [-0.2, 0) is 26.2 Å². The van der Waals surface area contributed by atoms with Crippen LogP contribution < -0.4 is 10.9 Å². The summed E-state index contributed by atoms with van der Waals surface area (Å²) in [6, 6.07) is 8.36. The van der Waals surface area contributed by atoms with E-state index in [-0.39, 0.29) is 5.56 Å². The standard InChI is InChI=1S/C20H21N3O5/c1-20(19(27)28-4)14-13(17(25)23(3)18(14)26)15(21-20)11-9-10-7-5-6-8-12(10)22(2)16(11)24/h5-9,13-15,21H,1-4H3/t13-,14-,15-,20-/m1/s1. The molecule has 2 aliphatic rings. The number of aromatic nitrogens is 1. The molecule has 4 rings (SSSR count). The zero-order valence-corrected chi connectivity index (χ0v) is 16.1. The molecule has 8 heteroatoms. The van der Waals surface area contributed by atoms with Crippen LogP contribution in [0.1, 0.15) is 18.5 Å². The number of hydrogen-bond donors (Lipinski definition) is 1. The molecule has 0 radical (unpaired) electrons. The summed E-state index contributed by atoms with van der Waals surface area (Å²) in [6.45, 7) is 1.55. The monoisotopic (exact) mass is 383 g/mol. The van der Waals surface area contributed by atoms with Crippen LogP contribution in [0.2, 0.25) is 0 Å². The number of hydrogen-bond acceptors (Lipinski definition) is 6. The van der Waals surface area contributed by atoms with Crippen molar-refractivity contribution in [2.24, 2.45) is 18.9 Å². The highest BCUT2D eigenvalue weighted by Gasteiger charge is 2.66. The van der Waals surface area contributed by atoms with E-state index in [1.165, 1.54) is 18.7 Å². The Morgan fingerprint density at radius 3 is 2.50 bits per heavy atom. The third kappa shape index (κ3) is 2.21. The summed E-state index contributed by atoms with van der Waals surface area (Å²) in [7, 11) is 4.29. The van der Waals surface area contributed by atoms with E-state index in [4.69, 9.17) is 4.74 Å². The number of rotatable bonds is 2. The van der Waals surface area contributed by atoms with Crippen molar-refractivity contribution in [2.45, 2.75) is 18.5 Å². The zero-order chi connectivity index (χ0) is 20.4. The molecule has 0 unspecified atom stereocenters. The maximum absolute atomic E-state index is 13.1. The molecule has 146 valence electrons. The van der Waals surface area contributed by atoms with Crippen molar-refractivity contribution in [3.05, 3.63) is 46.2 Å². The van der Waals surface area contributed by atoms with Gasteiger partial charge in [-0.1, -0.05) is 18.2 Å². The lowest BCUT2D eigenvalue weighted by Crippen LogP contribution is -2.53. The molecular formula is C20H21N3O5. The van der Waals surface area contributed by atoms with Crippen LogP contribution in [0, 0.1) is 11.8 Å². The lowest BCUT2D eigenvalue weighted by Gasteiger charge is -2.27. The Balaban J connectivity index is 1.94. The summed E-state index contributed by atoms with van der Waals surface area (Å²) in [6.07, 6.45) is 0. The molecule has 1 aromatic carbocycles. The smallest absolute Gasteiger partial charge is 0.326 e. The third-order valence-corrected chi connectivity index (χ3v) is 6.11. The summed E-state index contributed by atoms with van der Waals surface area (Å²) in [5.74, 6) is -3.28. The molecule has 4 atom stereocenters. The maximum Gasteiger partial charge on any atom is 0.326 e. The van der Waals surface area contributed by atoms with Gasteiger partial charge in [0.15, 0.2) is 0 Å². The summed E-state index contributed by atoms with van der Waals surface area (Å²) in [4.78, 5) is 52.2. The van der Waals surface area contributed by atoms with Crippen LogP contribution in [0.25, 0.3) is 10.9 Å². The molecule has 2 aromatic rings. The molecule has 1 N–H and O–H groups in total. The zero-order valence-electron chi connectivity index (χ0n) is 16.1. The minimum Gasteiger partial charge on any atom is -0.468 e. The Morgan fingerprint density at radius 2 is 1.82 bits per heavy atom. The highest BCUT2D eigenvalue weighted by Crippen LogP contribution is 2.48. The fourth-order valence-electron chi connectivity index (χ4n) is 4.62. The van der Waals surface area contributed by atoms with Gasteiger partial charge in [-0.2, -0.15) is 0 Å². The van der Waals surface area contributed by atoms with Gasteiger partial charge in [0.1, 0.15) is 5.54 Å². The van der Waals surface area contributed by atoms with Crippen molar-refractivity contribution in [3.63, 3.8) is 0 Å². The highest BCUT2D eigenvalue weighted by molar-refractivity contribution is 6.09. The number of ether oxygens (including phenoxy) is 1. The molecule has 0 saturated carbocycles. The normalized spacial score (nSPS) is 29.4. The first-order valence-corrected chi connectivity index (χ1v) is 8.98. The maximum atomic E-state index is 13.1. The summed E-state index contributed by atoms with van der Waals surface area (Å²) in [5, 5.41) is 3.92. The van der Waals surface area contributed by atoms with Crippen LogP contribution in [0.3, 0.4) is 0 Å². The number of carbonyl (C=O) groups is 3. The average Bonchev–Trinajstić information content (AvgIpc) is 3.13. The van der Waals surface area contributed by atoms with E-state index >= 15 is 0 Å². The molecule has 2 amide bonds. The molecule has 2 fully saturated rings. The first-order valence-electron chi connectivity index (χ1n) is 8.98. The predicted molar refractivity (Wildman–Crippen MR) is 100 cm³/mol. The molecule has 0 spiro atoms. The van der Waals surface area contributed by atoms with E-state index in [0.717, 1.165) is 15.8 Å². The van der Waals surface area contributed by atoms with Crippen LogP contribution >= 0.6 is 0 Å². The second-order valence-corrected chi connectivity index (χ2v) is 7.58. The molecule has 1 aromatic heterocycles. The topological polar surface area (TPSA) is 97.7 Å². The van der Waals surface area contributed by atoms with Gasteiger partial charge in [-0.15, -0.1) is 0 Å². The third-order valence-electron chi connectivity index (χ3n) is 6.11. The number of fused-ring (bicyclic) bond motifs is 2. The van der Waals surface area contributed by atoms with Crippen LogP contribution in [0.15, 0.2) is 35.1 Å². The number of esters is 1. The lowest BCUT2D eigenvalue weighted by atomic mass is 9.80. The van der Waals surface area contributed by atoms with Gasteiger partial charge in [0.25, 0.3) is 5.56 Å². The minimum absolute atomic E-state index is 0.279. The Labute approximate surface area is 161 Å². The molecule has 0 bridgehead atoms. The first kappa shape index (κ1) is 18.4. The first-order chi connectivity index (χ1) is 13.2. The van der Waals surface area contributed by atoms with Crippen molar-refractivity contribution in [1.82, 2.24) is 14.8 Å². The largest absolute Gasteiger partial charge is 0.468 e. The minimum atomic E-state index is -1.40. The van der Waals surface area contributed by atoms with Gasteiger partial charge < -0.3 is 9.30 Å². The Morgan fingerprint density at radius 1 is 1.14 bits per heavy atom. The molecule has 3 heterocycles. The van der Waals surface area contributed by atoms with Gasteiger partial charge in [-0.05, 0) is 24.4 Å². The summed E-state index contributed by atoms with van der Waals surface area (Å²) < 4.78 is 6.42. The quantitative estimate of drug-likeness (QED) is 0.594.